The molecule has 2 saturated heterocycles. The molecule has 2 fully saturated rings. The lowest BCUT2D eigenvalue weighted by molar-refractivity contribution is 0.178. The van der Waals surface area contributed by atoms with Gasteiger partial charge < -0.3 is 15.0 Å². The summed E-state index contributed by atoms with van der Waals surface area (Å²) in [6.45, 7) is 4.54. The molecule has 0 aromatic carbocycles. The quantitative estimate of drug-likeness (QED) is 0.449. The van der Waals surface area contributed by atoms with Gasteiger partial charge in [0, 0.05) is 63.4 Å². The number of piperazine rings is 1. The van der Waals surface area contributed by atoms with Crippen molar-refractivity contribution in [3.63, 3.8) is 0 Å². The highest BCUT2D eigenvalue weighted by molar-refractivity contribution is 7.21. The summed E-state index contributed by atoms with van der Waals surface area (Å²) < 4.78 is 8.19. The highest BCUT2D eigenvalue weighted by Crippen LogP contribution is 2.34. The van der Waals surface area contributed by atoms with E-state index < -0.39 is 0 Å². The smallest absolute Gasteiger partial charge is 0.227 e. The van der Waals surface area contributed by atoms with Gasteiger partial charge in [-0.1, -0.05) is 0 Å². The molecule has 4 aromatic heterocycles. The molecule has 2 aliphatic heterocycles. The van der Waals surface area contributed by atoms with Crippen LogP contribution in [0.25, 0.3) is 20.8 Å². The molecule has 1 N–H and O–H groups in total. The fraction of sp³-hybridized carbons (Fsp3) is 0.435. The molecule has 34 heavy (non-hydrogen) atoms. The number of likely N-dealkylation sites (N-methyl/N-ethyl adjacent to an activating group) is 1. The van der Waals surface area contributed by atoms with Crippen molar-refractivity contribution in [1.29, 1.82) is 0 Å². The van der Waals surface area contributed by atoms with E-state index in [1.54, 1.807) is 18.4 Å². The molecule has 0 saturated carbocycles. The molecule has 6 rings (SSSR count). The van der Waals surface area contributed by atoms with Crippen LogP contribution in [0, 0.1) is 6.92 Å². The van der Waals surface area contributed by atoms with E-state index in [1.165, 1.54) is 6.42 Å². The Morgan fingerprint density at radius 3 is 2.74 bits per heavy atom. The SMILES string of the molecule is COCc1c(-c2nc3cc(Nc4cc(C)nc(N5C[C@@H]6C[C@H]5CN6C)n4)ncc3s2)cnn1C. The van der Waals surface area contributed by atoms with Crippen molar-refractivity contribution in [3.8, 4) is 10.6 Å². The number of ether oxygens (including phenoxy) is 1. The molecule has 2 aliphatic rings. The molecule has 10 nitrogen and oxygen atoms in total. The molecule has 6 heterocycles. The van der Waals surface area contributed by atoms with Crippen LogP contribution < -0.4 is 10.2 Å². The van der Waals surface area contributed by atoms with Crippen LogP contribution in [0.5, 0.6) is 0 Å². The van der Waals surface area contributed by atoms with E-state index in [0.29, 0.717) is 24.5 Å². The largest absolute Gasteiger partial charge is 0.378 e. The fourth-order valence-corrected chi connectivity index (χ4v) is 5.90. The number of methoxy groups -OCH3 is 1. The van der Waals surface area contributed by atoms with Gasteiger partial charge in [0.1, 0.15) is 16.6 Å². The van der Waals surface area contributed by atoms with E-state index in [9.17, 15) is 0 Å². The first kappa shape index (κ1) is 21.4. The van der Waals surface area contributed by atoms with Gasteiger partial charge in [-0.15, -0.1) is 11.3 Å². The third-order valence-corrected chi connectivity index (χ3v) is 7.76. The molecule has 0 radical (unpaired) electrons. The molecular formula is C23H27N9OS. The Labute approximate surface area is 201 Å². The molecular weight excluding hydrogens is 450 g/mol. The lowest BCUT2D eigenvalue weighted by Gasteiger charge is -2.32. The van der Waals surface area contributed by atoms with Gasteiger partial charge in [0.25, 0.3) is 0 Å². The van der Waals surface area contributed by atoms with Crippen LogP contribution in [0.4, 0.5) is 17.6 Å². The number of anilines is 3. The standard InChI is InChI=1S/C23H27N9OS/c1-13-5-21(29-23(26-13)32-11-14-6-15(32)10-30(14)2)28-20-7-17-19(9-24-20)34-22(27-17)16-8-25-31(3)18(16)12-33-4/h5,7-9,14-15H,6,10-12H2,1-4H3,(H,24,26,28,29)/t14-,15-/m0/s1. The third kappa shape index (κ3) is 3.69. The van der Waals surface area contributed by atoms with Gasteiger partial charge in [0.15, 0.2) is 0 Å². The maximum absolute atomic E-state index is 5.34. The Kier molecular flexibility index (Phi) is 5.19. The summed E-state index contributed by atoms with van der Waals surface area (Å²) >= 11 is 1.60. The van der Waals surface area contributed by atoms with Crippen molar-refractivity contribution in [3.05, 3.63) is 35.9 Å². The number of fused-ring (bicyclic) bond motifs is 3. The van der Waals surface area contributed by atoms with Gasteiger partial charge in [-0.3, -0.25) is 9.58 Å². The average Bonchev–Trinajstić information content (AvgIpc) is 3.57. The Hall–Kier alpha value is -3.15. The number of thiazole rings is 1. The first-order valence-electron chi connectivity index (χ1n) is 11.3. The Balaban J connectivity index is 1.27. The van der Waals surface area contributed by atoms with E-state index in [4.69, 9.17) is 19.7 Å². The predicted molar refractivity (Wildman–Crippen MR) is 133 cm³/mol. The van der Waals surface area contributed by atoms with Gasteiger partial charge in [0.05, 0.1) is 34.3 Å². The maximum Gasteiger partial charge on any atom is 0.227 e. The predicted octanol–water partition coefficient (Wildman–Crippen LogP) is 2.97. The van der Waals surface area contributed by atoms with Crippen molar-refractivity contribution in [2.24, 2.45) is 7.05 Å². The Morgan fingerprint density at radius 2 is 1.97 bits per heavy atom. The summed E-state index contributed by atoms with van der Waals surface area (Å²) in [5.41, 5.74) is 3.80. The zero-order valence-corrected chi connectivity index (χ0v) is 20.5. The monoisotopic (exact) mass is 477 g/mol. The summed E-state index contributed by atoms with van der Waals surface area (Å²) in [5.74, 6) is 2.25. The first-order valence-corrected chi connectivity index (χ1v) is 12.2. The van der Waals surface area contributed by atoms with Crippen molar-refractivity contribution < 1.29 is 4.74 Å². The zero-order chi connectivity index (χ0) is 23.4. The molecule has 176 valence electrons. The summed E-state index contributed by atoms with van der Waals surface area (Å²) in [5, 5.41) is 8.65. The number of pyridine rings is 1. The van der Waals surface area contributed by atoms with E-state index in [-0.39, 0.29) is 0 Å². The minimum absolute atomic E-state index is 0.483. The molecule has 2 bridgehead atoms. The van der Waals surface area contributed by atoms with Crippen LogP contribution in [-0.4, -0.2) is 73.9 Å². The van der Waals surface area contributed by atoms with Crippen molar-refractivity contribution >= 4 is 39.1 Å². The van der Waals surface area contributed by atoms with Crippen LogP contribution in [0.2, 0.25) is 0 Å². The van der Waals surface area contributed by atoms with Crippen molar-refractivity contribution in [2.45, 2.75) is 32.0 Å². The van der Waals surface area contributed by atoms with Crippen LogP contribution in [0.1, 0.15) is 17.8 Å². The second-order valence-electron chi connectivity index (χ2n) is 9.07. The molecule has 0 unspecified atom stereocenters. The number of likely N-dealkylation sites (tertiary alicyclic amines) is 1. The van der Waals surface area contributed by atoms with Crippen molar-refractivity contribution in [1.82, 2.24) is 34.6 Å². The maximum atomic E-state index is 5.34. The highest BCUT2D eigenvalue weighted by Gasteiger charge is 2.42. The Bertz CT molecular complexity index is 1360. The van der Waals surface area contributed by atoms with Gasteiger partial charge in [-0.2, -0.15) is 10.1 Å². The van der Waals surface area contributed by atoms with E-state index in [2.05, 4.69) is 32.2 Å². The highest BCUT2D eigenvalue weighted by atomic mass is 32.1. The number of nitrogens with one attached hydrogen (secondary N) is 1. The zero-order valence-electron chi connectivity index (χ0n) is 19.7. The Morgan fingerprint density at radius 1 is 1.09 bits per heavy atom. The van der Waals surface area contributed by atoms with Crippen LogP contribution >= 0.6 is 11.3 Å². The van der Waals surface area contributed by atoms with Crippen LogP contribution in [0.15, 0.2) is 24.5 Å². The lowest BCUT2D eigenvalue weighted by atomic mass is 10.2. The van der Waals surface area contributed by atoms with Crippen LogP contribution in [0.3, 0.4) is 0 Å². The summed E-state index contributed by atoms with van der Waals surface area (Å²) in [4.78, 5) is 23.8. The second-order valence-corrected chi connectivity index (χ2v) is 10.1. The number of aromatic nitrogens is 6. The topological polar surface area (TPSA) is 97.1 Å². The molecule has 0 aliphatic carbocycles. The number of hydrogen-bond acceptors (Lipinski definition) is 10. The fourth-order valence-electron chi connectivity index (χ4n) is 4.95. The van der Waals surface area contributed by atoms with E-state index >= 15 is 0 Å². The summed E-state index contributed by atoms with van der Waals surface area (Å²) in [6, 6.07) is 5.00. The van der Waals surface area contributed by atoms with E-state index in [0.717, 1.165) is 57.0 Å². The van der Waals surface area contributed by atoms with E-state index in [1.807, 2.05) is 43.2 Å². The molecule has 0 spiro atoms. The van der Waals surface area contributed by atoms with Crippen molar-refractivity contribution in [2.75, 3.05) is 37.5 Å². The first-order chi connectivity index (χ1) is 16.5. The molecule has 0 amide bonds. The average molecular weight is 478 g/mol. The molecule has 11 heteroatoms. The molecule has 4 aromatic rings. The molecule has 2 atom stereocenters. The third-order valence-electron chi connectivity index (χ3n) is 6.72. The van der Waals surface area contributed by atoms with Gasteiger partial charge in [0.2, 0.25) is 5.95 Å². The second kappa shape index (κ2) is 8.26. The van der Waals surface area contributed by atoms with Crippen LogP contribution in [-0.2, 0) is 18.4 Å². The number of rotatable bonds is 6. The minimum atomic E-state index is 0.483. The number of nitrogens with zero attached hydrogens (tertiary/aromatic N) is 8. The summed E-state index contributed by atoms with van der Waals surface area (Å²) in [7, 11) is 5.80. The van der Waals surface area contributed by atoms with Gasteiger partial charge >= 0.3 is 0 Å². The van der Waals surface area contributed by atoms with Gasteiger partial charge in [-0.05, 0) is 20.4 Å². The lowest BCUT2D eigenvalue weighted by Crippen LogP contribution is -2.45. The summed E-state index contributed by atoms with van der Waals surface area (Å²) in [6.07, 6.45) is 4.88. The number of aryl methyl sites for hydroxylation is 2. The minimum Gasteiger partial charge on any atom is -0.378 e. The van der Waals surface area contributed by atoms with Gasteiger partial charge in [-0.25, -0.2) is 15.0 Å². The number of hydrogen-bond donors (Lipinski definition) is 1. The normalized spacial score (nSPS) is 20.1.